The standard InChI is InChI=1S/C21H26N4O3S.ClH/c1-12(2)24-14-8-5-6-9-15(14)25(13(3)4)21(28)18(20(24)27)23-19(26)17(22)16-10-7-11-29-16;/h5-13,17-18H,22H2,1-4H3,(H,23,26);1H/t17-;/m0./s1. The molecule has 3 N–H and O–H groups in total. The molecule has 1 aromatic carbocycles. The van der Waals surface area contributed by atoms with E-state index in [0.29, 0.717) is 16.3 Å². The van der Waals surface area contributed by atoms with Crippen LogP contribution in [-0.4, -0.2) is 35.8 Å². The first-order chi connectivity index (χ1) is 13.7. The molecule has 7 nitrogen and oxygen atoms in total. The van der Waals surface area contributed by atoms with E-state index in [1.165, 1.54) is 11.3 Å². The Bertz CT molecular complexity index is 870. The Labute approximate surface area is 186 Å². The molecule has 0 radical (unpaired) electrons. The molecule has 9 heteroatoms. The van der Waals surface area contributed by atoms with Crippen molar-refractivity contribution in [1.82, 2.24) is 5.32 Å². The van der Waals surface area contributed by atoms with E-state index in [9.17, 15) is 14.4 Å². The molecule has 0 saturated carbocycles. The van der Waals surface area contributed by atoms with Crippen molar-refractivity contribution in [2.24, 2.45) is 5.73 Å². The van der Waals surface area contributed by atoms with Crippen LogP contribution in [0.3, 0.4) is 0 Å². The molecule has 3 rings (SSSR count). The zero-order valence-corrected chi connectivity index (χ0v) is 19.0. The van der Waals surface area contributed by atoms with E-state index < -0.39 is 29.8 Å². The molecule has 2 heterocycles. The van der Waals surface area contributed by atoms with Gasteiger partial charge in [0.25, 0.3) is 11.8 Å². The summed E-state index contributed by atoms with van der Waals surface area (Å²) in [6.07, 6.45) is 0. The third-order valence-corrected chi connectivity index (χ3v) is 5.78. The third kappa shape index (κ3) is 4.35. The number of nitrogens with two attached hydrogens (primary N) is 1. The van der Waals surface area contributed by atoms with Crippen LogP contribution in [0.5, 0.6) is 0 Å². The molecule has 0 fully saturated rings. The minimum absolute atomic E-state index is 0. The van der Waals surface area contributed by atoms with Crippen molar-refractivity contribution in [2.45, 2.75) is 51.9 Å². The van der Waals surface area contributed by atoms with Gasteiger partial charge < -0.3 is 20.9 Å². The van der Waals surface area contributed by atoms with E-state index >= 15 is 0 Å². The molecule has 162 valence electrons. The minimum atomic E-state index is -1.34. The van der Waals surface area contributed by atoms with E-state index in [2.05, 4.69) is 5.32 Å². The predicted molar refractivity (Wildman–Crippen MR) is 122 cm³/mol. The first kappa shape index (κ1) is 23.9. The van der Waals surface area contributed by atoms with Crippen molar-refractivity contribution in [3.05, 3.63) is 46.7 Å². The number of halogens is 1. The van der Waals surface area contributed by atoms with Gasteiger partial charge in [-0.1, -0.05) is 18.2 Å². The molecular formula is C21H27ClN4O3S. The van der Waals surface area contributed by atoms with Crippen LogP contribution in [0.15, 0.2) is 41.8 Å². The lowest BCUT2D eigenvalue weighted by molar-refractivity contribution is -0.135. The smallest absolute Gasteiger partial charge is 0.259 e. The van der Waals surface area contributed by atoms with Gasteiger partial charge in [-0.05, 0) is 51.3 Å². The molecule has 0 aliphatic carbocycles. The van der Waals surface area contributed by atoms with Crippen LogP contribution in [0.1, 0.15) is 38.6 Å². The first-order valence-corrected chi connectivity index (χ1v) is 10.5. The molecule has 0 bridgehead atoms. The van der Waals surface area contributed by atoms with Gasteiger partial charge >= 0.3 is 0 Å². The molecule has 0 unspecified atom stereocenters. The predicted octanol–water partition coefficient (Wildman–Crippen LogP) is 2.85. The number of hydrogen-bond acceptors (Lipinski definition) is 5. The second-order valence-corrected chi connectivity index (χ2v) is 8.51. The van der Waals surface area contributed by atoms with E-state index in [4.69, 9.17) is 5.73 Å². The van der Waals surface area contributed by atoms with Gasteiger partial charge in [-0.3, -0.25) is 14.4 Å². The molecule has 0 spiro atoms. The third-order valence-electron chi connectivity index (χ3n) is 4.82. The molecule has 1 aliphatic rings. The Balaban J connectivity index is 0.00000320. The number of nitrogens with one attached hydrogen (secondary N) is 1. The highest BCUT2D eigenvalue weighted by Gasteiger charge is 2.43. The Morgan fingerprint density at radius 2 is 1.47 bits per heavy atom. The molecule has 0 saturated heterocycles. The average molecular weight is 451 g/mol. The van der Waals surface area contributed by atoms with Crippen LogP contribution >= 0.6 is 23.7 Å². The topological polar surface area (TPSA) is 95.7 Å². The second kappa shape index (κ2) is 9.59. The number of thiophene rings is 1. The molecule has 1 aliphatic heterocycles. The number of para-hydroxylation sites is 2. The van der Waals surface area contributed by atoms with Crippen LogP contribution < -0.4 is 20.9 Å². The lowest BCUT2D eigenvalue weighted by atomic mass is 10.1. The highest BCUT2D eigenvalue weighted by molar-refractivity contribution is 7.10. The van der Waals surface area contributed by atoms with Gasteiger partial charge in [0.15, 0.2) is 6.04 Å². The van der Waals surface area contributed by atoms with Gasteiger partial charge in [0.2, 0.25) is 5.91 Å². The molecule has 3 amide bonds. The second-order valence-electron chi connectivity index (χ2n) is 7.53. The summed E-state index contributed by atoms with van der Waals surface area (Å²) in [6.45, 7) is 7.50. The highest BCUT2D eigenvalue weighted by atomic mass is 35.5. The maximum Gasteiger partial charge on any atom is 0.259 e. The minimum Gasteiger partial charge on any atom is -0.335 e. The van der Waals surface area contributed by atoms with Crippen LogP contribution in [0.25, 0.3) is 0 Å². The fourth-order valence-corrected chi connectivity index (χ4v) is 4.24. The van der Waals surface area contributed by atoms with Crippen molar-refractivity contribution < 1.29 is 14.4 Å². The number of benzene rings is 1. The van der Waals surface area contributed by atoms with Gasteiger partial charge in [0.05, 0.1) is 11.4 Å². The van der Waals surface area contributed by atoms with Gasteiger partial charge in [-0.25, -0.2) is 0 Å². The summed E-state index contributed by atoms with van der Waals surface area (Å²) in [5.74, 6) is -1.49. The SMILES string of the molecule is CC(C)N1C(=O)C(NC(=O)[C@@H](N)c2cccs2)C(=O)N(C(C)C)c2ccccc21.Cl. The summed E-state index contributed by atoms with van der Waals surface area (Å²) in [6, 6.07) is 8.16. The Kier molecular flexibility index (Phi) is 7.63. The molecule has 1 aromatic heterocycles. The summed E-state index contributed by atoms with van der Waals surface area (Å²) in [4.78, 5) is 43.4. The quantitative estimate of drug-likeness (QED) is 0.684. The number of carbonyl (C=O) groups is 3. The van der Waals surface area contributed by atoms with Crippen molar-refractivity contribution in [2.75, 3.05) is 9.80 Å². The van der Waals surface area contributed by atoms with Crippen molar-refractivity contribution in [3.63, 3.8) is 0 Å². The average Bonchev–Trinajstić information content (AvgIpc) is 3.17. The van der Waals surface area contributed by atoms with Gasteiger partial charge in [0.1, 0.15) is 6.04 Å². The highest BCUT2D eigenvalue weighted by Crippen LogP contribution is 2.35. The summed E-state index contributed by atoms with van der Waals surface area (Å²) in [5, 5.41) is 4.43. The van der Waals surface area contributed by atoms with E-state index in [1.807, 2.05) is 57.3 Å². The van der Waals surface area contributed by atoms with Gasteiger partial charge in [-0.2, -0.15) is 0 Å². The zero-order chi connectivity index (χ0) is 21.3. The number of amides is 3. The molecule has 1 atom stereocenters. The Morgan fingerprint density at radius 1 is 0.967 bits per heavy atom. The van der Waals surface area contributed by atoms with Crippen LogP contribution in [0.2, 0.25) is 0 Å². The van der Waals surface area contributed by atoms with E-state index in [0.717, 1.165) is 0 Å². The normalized spacial score (nSPS) is 15.7. The maximum absolute atomic E-state index is 13.4. The van der Waals surface area contributed by atoms with E-state index in [1.54, 1.807) is 21.9 Å². The number of rotatable bonds is 5. The summed E-state index contributed by atoms with van der Waals surface area (Å²) in [5.41, 5.74) is 7.35. The zero-order valence-electron chi connectivity index (χ0n) is 17.4. The summed E-state index contributed by atoms with van der Waals surface area (Å²) < 4.78 is 0. The fraction of sp³-hybridized carbons (Fsp3) is 0.381. The van der Waals surface area contributed by atoms with Crippen LogP contribution in [0.4, 0.5) is 11.4 Å². The fourth-order valence-electron chi connectivity index (χ4n) is 3.51. The number of hydrogen-bond donors (Lipinski definition) is 2. The number of nitrogens with zero attached hydrogens (tertiary/aromatic N) is 2. The van der Waals surface area contributed by atoms with Gasteiger partial charge in [0, 0.05) is 17.0 Å². The maximum atomic E-state index is 13.4. The van der Waals surface area contributed by atoms with Crippen molar-refractivity contribution >= 4 is 52.8 Å². The van der Waals surface area contributed by atoms with E-state index in [-0.39, 0.29) is 24.5 Å². The van der Waals surface area contributed by atoms with Crippen molar-refractivity contribution in [3.8, 4) is 0 Å². The first-order valence-electron chi connectivity index (χ1n) is 9.58. The Hall–Kier alpha value is -2.42. The summed E-state index contributed by atoms with van der Waals surface area (Å²) >= 11 is 1.35. The molecular weight excluding hydrogens is 424 g/mol. The van der Waals surface area contributed by atoms with Crippen LogP contribution in [0, 0.1) is 0 Å². The Morgan fingerprint density at radius 3 is 1.87 bits per heavy atom. The molecule has 30 heavy (non-hydrogen) atoms. The lowest BCUT2D eigenvalue weighted by Gasteiger charge is -2.29. The largest absolute Gasteiger partial charge is 0.335 e. The van der Waals surface area contributed by atoms with Gasteiger partial charge in [-0.15, -0.1) is 23.7 Å². The summed E-state index contributed by atoms with van der Waals surface area (Å²) in [7, 11) is 0. The molecule has 2 aromatic rings. The van der Waals surface area contributed by atoms with Crippen molar-refractivity contribution in [1.29, 1.82) is 0 Å². The number of carbonyl (C=O) groups excluding carboxylic acids is 3. The lowest BCUT2D eigenvalue weighted by Crippen LogP contribution is -2.58. The van der Waals surface area contributed by atoms with Crippen LogP contribution in [-0.2, 0) is 14.4 Å². The number of fused-ring (bicyclic) bond motifs is 1. The number of anilines is 2. The monoisotopic (exact) mass is 450 g/mol.